The predicted octanol–water partition coefficient (Wildman–Crippen LogP) is 1.12. The third-order valence-corrected chi connectivity index (χ3v) is 2.87. The normalized spacial score (nSPS) is 10.1. The molecule has 1 aromatic carbocycles. The number of hydrogen-bond acceptors (Lipinski definition) is 7. The van der Waals surface area contributed by atoms with Gasteiger partial charge in [0.1, 0.15) is 0 Å². The van der Waals surface area contributed by atoms with E-state index >= 15 is 0 Å². The Morgan fingerprint density at radius 1 is 1.39 bits per heavy atom. The van der Waals surface area contributed by atoms with E-state index in [0.29, 0.717) is 6.54 Å². The quantitative estimate of drug-likeness (QED) is 0.472. The predicted molar refractivity (Wildman–Crippen MR) is 84.9 cm³/mol. The third kappa shape index (κ3) is 4.51. The first kappa shape index (κ1) is 16.4. The van der Waals surface area contributed by atoms with Crippen LogP contribution in [0, 0.1) is 10.1 Å². The number of nitrogens with zero attached hydrogens (tertiary/aromatic N) is 5. The molecule has 1 aromatic heterocycles. The lowest BCUT2D eigenvalue weighted by Gasteiger charge is -2.06. The lowest BCUT2D eigenvalue weighted by molar-refractivity contribution is -0.384. The van der Waals surface area contributed by atoms with Gasteiger partial charge in [-0.05, 0) is 36.0 Å². The number of anilines is 1. The largest absolute Gasteiger partial charge is 0.299 e. The van der Waals surface area contributed by atoms with Crippen molar-refractivity contribution < 1.29 is 9.72 Å². The second-order valence-electron chi connectivity index (χ2n) is 4.42. The number of thiocarbonyl (C=S) groups is 1. The Bertz CT molecular complexity index is 729. The second kappa shape index (κ2) is 7.35. The molecule has 0 bridgehead atoms. The fourth-order valence-corrected chi connectivity index (χ4v) is 1.81. The molecule has 0 saturated heterocycles. The summed E-state index contributed by atoms with van der Waals surface area (Å²) in [4.78, 5) is 23.4. The number of tetrazole rings is 1. The van der Waals surface area contributed by atoms with Crippen molar-refractivity contribution in [3.05, 3.63) is 39.9 Å². The number of nitro groups is 1. The molecule has 0 unspecified atom stereocenters. The van der Waals surface area contributed by atoms with Gasteiger partial charge in [-0.1, -0.05) is 12.0 Å². The highest BCUT2D eigenvalue weighted by molar-refractivity contribution is 7.80. The number of rotatable bonds is 5. The first-order chi connectivity index (χ1) is 11.0. The van der Waals surface area contributed by atoms with Crippen molar-refractivity contribution in [2.45, 2.75) is 19.9 Å². The van der Waals surface area contributed by atoms with E-state index in [4.69, 9.17) is 12.2 Å². The van der Waals surface area contributed by atoms with Crippen LogP contribution in [0.15, 0.2) is 24.3 Å². The Hall–Kier alpha value is -2.95. The summed E-state index contributed by atoms with van der Waals surface area (Å²) in [6.45, 7) is 2.60. The van der Waals surface area contributed by atoms with Crippen LogP contribution >= 0.6 is 12.2 Å². The topological polar surface area (TPSA) is 128 Å². The number of amides is 1. The van der Waals surface area contributed by atoms with E-state index in [1.165, 1.54) is 29.1 Å². The van der Waals surface area contributed by atoms with Crippen LogP contribution in [0.2, 0.25) is 0 Å². The molecule has 0 saturated carbocycles. The fourth-order valence-electron chi connectivity index (χ4n) is 1.63. The van der Waals surface area contributed by atoms with Gasteiger partial charge in [0.2, 0.25) is 0 Å². The van der Waals surface area contributed by atoms with Crippen molar-refractivity contribution in [2.75, 3.05) is 5.32 Å². The first-order valence-electron chi connectivity index (χ1n) is 6.64. The van der Waals surface area contributed by atoms with E-state index < -0.39 is 10.8 Å². The molecule has 0 spiro atoms. The number of nitro benzene ring substituents is 1. The molecule has 2 N–H and O–H groups in total. The molecule has 0 fully saturated rings. The van der Waals surface area contributed by atoms with Gasteiger partial charge in [0.15, 0.2) is 5.11 Å². The Labute approximate surface area is 136 Å². The number of hydrogen-bond donors (Lipinski definition) is 2. The SMILES string of the molecule is CCCn1nnc(NC(=S)NC(=O)c2ccc([N+](=O)[O-])cc2)n1. The Balaban J connectivity index is 1.93. The fraction of sp³-hybridized carbons (Fsp3) is 0.250. The van der Waals surface area contributed by atoms with Gasteiger partial charge in [-0.3, -0.25) is 25.5 Å². The van der Waals surface area contributed by atoms with E-state index in [0.717, 1.165) is 6.42 Å². The van der Waals surface area contributed by atoms with Gasteiger partial charge in [-0.25, -0.2) is 0 Å². The molecule has 0 atom stereocenters. The van der Waals surface area contributed by atoms with Crippen LogP contribution in [0.25, 0.3) is 0 Å². The highest BCUT2D eigenvalue weighted by Crippen LogP contribution is 2.11. The highest BCUT2D eigenvalue weighted by Gasteiger charge is 2.12. The zero-order valence-electron chi connectivity index (χ0n) is 12.1. The summed E-state index contributed by atoms with van der Waals surface area (Å²) in [5.74, 6) is -0.328. The number of aromatic nitrogens is 4. The van der Waals surface area contributed by atoms with Crippen LogP contribution in [-0.4, -0.2) is 36.2 Å². The minimum absolute atomic E-state index is 0.00408. The van der Waals surface area contributed by atoms with Crippen LogP contribution in [0.3, 0.4) is 0 Å². The number of nitrogens with one attached hydrogen (secondary N) is 2. The van der Waals surface area contributed by atoms with E-state index in [2.05, 4.69) is 26.0 Å². The van der Waals surface area contributed by atoms with E-state index in [1.807, 2.05) is 6.92 Å². The number of non-ortho nitro benzene ring substituents is 1. The monoisotopic (exact) mass is 335 g/mol. The van der Waals surface area contributed by atoms with Crippen molar-refractivity contribution in [3.63, 3.8) is 0 Å². The molecular formula is C12H13N7O3S. The second-order valence-corrected chi connectivity index (χ2v) is 4.83. The van der Waals surface area contributed by atoms with Crippen LogP contribution in [0.1, 0.15) is 23.7 Å². The minimum Gasteiger partial charge on any atom is -0.299 e. The molecule has 0 aliphatic heterocycles. The highest BCUT2D eigenvalue weighted by atomic mass is 32.1. The minimum atomic E-state index is -0.542. The number of aryl methyl sites for hydroxylation is 1. The smallest absolute Gasteiger partial charge is 0.269 e. The summed E-state index contributed by atoms with van der Waals surface area (Å²) < 4.78 is 0. The maximum atomic E-state index is 12.0. The van der Waals surface area contributed by atoms with E-state index in [-0.39, 0.29) is 22.3 Å². The number of benzene rings is 1. The summed E-state index contributed by atoms with van der Waals surface area (Å²) in [7, 11) is 0. The average molecular weight is 335 g/mol. The van der Waals surface area contributed by atoms with Crippen LogP contribution in [-0.2, 0) is 6.54 Å². The third-order valence-electron chi connectivity index (χ3n) is 2.67. The molecule has 11 heteroatoms. The molecule has 0 aliphatic rings. The van der Waals surface area contributed by atoms with Crippen LogP contribution in [0.4, 0.5) is 11.6 Å². The Morgan fingerprint density at radius 3 is 2.70 bits per heavy atom. The van der Waals surface area contributed by atoms with Gasteiger partial charge in [0.25, 0.3) is 17.5 Å². The maximum absolute atomic E-state index is 12.0. The Kier molecular flexibility index (Phi) is 5.25. The van der Waals surface area contributed by atoms with E-state index in [9.17, 15) is 14.9 Å². The zero-order valence-corrected chi connectivity index (χ0v) is 12.9. The van der Waals surface area contributed by atoms with Crippen LogP contribution in [0.5, 0.6) is 0 Å². The number of carbonyl (C=O) groups is 1. The van der Waals surface area contributed by atoms with Crippen molar-refractivity contribution in [2.24, 2.45) is 0 Å². The van der Waals surface area contributed by atoms with Gasteiger partial charge >= 0.3 is 0 Å². The van der Waals surface area contributed by atoms with Gasteiger partial charge < -0.3 is 0 Å². The molecule has 10 nitrogen and oxygen atoms in total. The van der Waals surface area contributed by atoms with Crippen molar-refractivity contribution in [3.8, 4) is 0 Å². The van der Waals surface area contributed by atoms with Gasteiger partial charge in [-0.15, -0.1) is 5.10 Å². The molecule has 23 heavy (non-hydrogen) atoms. The van der Waals surface area contributed by atoms with Crippen molar-refractivity contribution in [1.29, 1.82) is 0 Å². The molecule has 1 heterocycles. The van der Waals surface area contributed by atoms with Crippen LogP contribution < -0.4 is 10.6 Å². The number of carbonyl (C=O) groups excluding carboxylic acids is 1. The summed E-state index contributed by atoms with van der Waals surface area (Å²) in [6, 6.07) is 5.16. The molecule has 2 rings (SSSR count). The lowest BCUT2D eigenvalue weighted by atomic mass is 10.2. The van der Waals surface area contributed by atoms with Crippen molar-refractivity contribution >= 4 is 34.9 Å². The summed E-state index contributed by atoms with van der Waals surface area (Å²) in [5.41, 5.74) is 0.140. The molecular weight excluding hydrogens is 322 g/mol. The molecule has 0 aliphatic carbocycles. The average Bonchev–Trinajstić information content (AvgIpc) is 2.94. The Morgan fingerprint density at radius 2 is 2.09 bits per heavy atom. The van der Waals surface area contributed by atoms with Gasteiger partial charge in [0.05, 0.1) is 11.5 Å². The standard InChI is InChI=1S/C12H13N7O3S/c1-2-7-18-16-11(15-17-18)14-12(23)13-10(20)8-3-5-9(6-4-8)19(21)22/h3-6H,2,7H2,1H3,(H2,13,14,16,20,23). The molecule has 0 radical (unpaired) electrons. The van der Waals surface area contributed by atoms with Gasteiger partial charge in [0, 0.05) is 17.7 Å². The first-order valence-corrected chi connectivity index (χ1v) is 7.05. The van der Waals surface area contributed by atoms with E-state index in [1.54, 1.807) is 0 Å². The van der Waals surface area contributed by atoms with Gasteiger partial charge in [-0.2, -0.15) is 4.80 Å². The van der Waals surface area contributed by atoms with Crippen molar-refractivity contribution in [1.82, 2.24) is 25.5 Å². The maximum Gasteiger partial charge on any atom is 0.269 e. The molecule has 2 aromatic rings. The summed E-state index contributed by atoms with van der Waals surface area (Å²) in [6.07, 6.45) is 0.858. The lowest BCUT2D eigenvalue weighted by Crippen LogP contribution is -2.34. The summed E-state index contributed by atoms with van der Waals surface area (Å²) in [5, 5.41) is 27.2. The summed E-state index contributed by atoms with van der Waals surface area (Å²) >= 11 is 4.99. The molecule has 1 amide bonds. The zero-order chi connectivity index (χ0) is 16.8. The molecule has 120 valence electrons.